The summed E-state index contributed by atoms with van der Waals surface area (Å²) in [5.41, 5.74) is 3.81. The molecule has 1 aliphatic rings. The van der Waals surface area contributed by atoms with Gasteiger partial charge in [0.1, 0.15) is 0 Å². The van der Waals surface area contributed by atoms with Crippen molar-refractivity contribution in [3.8, 4) is 0 Å². The van der Waals surface area contributed by atoms with Crippen molar-refractivity contribution in [2.24, 2.45) is 0 Å². The maximum Gasteiger partial charge on any atom is 0.414 e. The molecule has 0 bridgehead atoms. The lowest BCUT2D eigenvalue weighted by Crippen LogP contribution is -2.42. The van der Waals surface area contributed by atoms with Gasteiger partial charge in [-0.2, -0.15) is 0 Å². The molecule has 4 nitrogen and oxygen atoms in total. The molecular weight excluding hydrogens is 397 g/mol. The average Bonchev–Trinajstić information content (AvgIpc) is 2.68. The molecule has 1 aliphatic heterocycles. The monoisotopic (exact) mass is 413 g/mol. The van der Waals surface area contributed by atoms with Crippen LogP contribution in [0.1, 0.15) is 22.3 Å². The number of carbonyl (C=O) groups is 1. The van der Waals surface area contributed by atoms with Gasteiger partial charge in [-0.15, -0.1) is 0 Å². The number of amides is 1. The predicted octanol–water partition coefficient (Wildman–Crippen LogP) is 6.28. The zero-order valence-corrected chi connectivity index (χ0v) is 16.6. The van der Waals surface area contributed by atoms with Crippen LogP contribution < -0.4 is 5.32 Å². The van der Waals surface area contributed by atoms with Crippen molar-refractivity contribution in [2.75, 3.05) is 5.32 Å². The van der Waals surface area contributed by atoms with Crippen molar-refractivity contribution in [1.29, 1.82) is 0 Å². The zero-order valence-electron chi connectivity index (χ0n) is 15.0. The molecule has 0 radical (unpaired) electrons. The maximum absolute atomic E-state index is 12.4. The number of nitrogens with one attached hydrogen (secondary N) is 1. The molecule has 1 N–H and O–H groups in total. The molecule has 3 aromatic rings. The third-order valence-corrected chi connectivity index (χ3v) is 5.24. The molecule has 1 heterocycles. The maximum atomic E-state index is 12.4. The van der Waals surface area contributed by atoms with Crippen LogP contribution >= 0.6 is 23.2 Å². The van der Waals surface area contributed by atoms with E-state index in [-0.39, 0.29) is 6.61 Å². The van der Waals surface area contributed by atoms with Gasteiger partial charge in [-0.25, -0.2) is 4.79 Å². The number of hydrogen-bond donors (Lipinski definition) is 1. The van der Waals surface area contributed by atoms with E-state index < -0.39 is 11.9 Å². The second kappa shape index (κ2) is 7.47. The summed E-state index contributed by atoms with van der Waals surface area (Å²) in [6.07, 6.45) is -0.592. The molecule has 1 unspecified atom stereocenters. The van der Waals surface area contributed by atoms with E-state index in [1.807, 2.05) is 43.3 Å². The van der Waals surface area contributed by atoms with Gasteiger partial charge in [0, 0.05) is 15.6 Å². The molecule has 0 saturated heterocycles. The first kappa shape index (κ1) is 18.8. The number of aryl methyl sites for hydroxylation is 1. The summed E-state index contributed by atoms with van der Waals surface area (Å²) in [5, 5.41) is 3.90. The molecule has 0 fully saturated rings. The van der Waals surface area contributed by atoms with E-state index in [9.17, 15) is 4.79 Å². The molecule has 0 spiro atoms. The van der Waals surface area contributed by atoms with Crippen LogP contribution in [0.4, 0.5) is 10.5 Å². The Balaban J connectivity index is 1.85. The fourth-order valence-electron chi connectivity index (χ4n) is 3.23. The first-order valence-corrected chi connectivity index (χ1v) is 9.48. The van der Waals surface area contributed by atoms with E-state index >= 15 is 0 Å². The van der Waals surface area contributed by atoms with Gasteiger partial charge in [0.2, 0.25) is 0 Å². The molecule has 0 saturated carbocycles. The highest BCUT2D eigenvalue weighted by atomic mass is 35.5. The lowest BCUT2D eigenvalue weighted by Gasteiger charge is -2.38. The summed E-state index contributed by atoms with van der Waals surface area (Å²) in [5.74, 6) is -1.42. The Morgan fingerprint density at radius 1 is 1.04 bits per heavy atom. The Hall–Kier alpha value is -2.53. The summed E-state index contributed by atoms with van der Waals surface area (Å²) in [7, 11) is 0. The third-order valence-electron chi connectivity index (χ3n) is 4.62. The van der Waals surface area contributed by atoms with Gasteiger partial charge in [-0.3, -0.25) is 5.32 Å². The van der Waals surface area contributed by atoms with Crippen LogP contribution in [0.25, 0.3) is 0 Å². The van der Waals surface area contributed by atoms with E-state index in [4.69, 9.17) is 32.7 Å². The highest BCUT2D eigenvalue weighted by Gasteiger charge is 2.45. The molecule has 1 atom stereocenters. The number of benzene rings is 3. The van der Waals surface area contributed by atoms with Gasteiger partial charge in [-0.1, -0.05) is 65.2 Å². The van der Waals surface area contributed by atoms with Crippen LogP contribution in [0, 0.1) is 6.92 Å². The van der Waals surface area contributed by atoms with E-state index in [0.29, 0.717) is 26.9 Å². The Bertz CT molecular complexity index is 1040. The number of cyclic esters (lactones) is 1. The molecule has 4 rings (SSSR count). The lowest BCUT2D eigenvalue weighted by atomic mass is 9.93. The van der Waals surface area contributed by atoms with Crippen LogP contribution in [-0.2, 0) is 21.9 Å². The van der Waals surface area contributed by atoms with Gasteiger partial charge in [-0.05, 0) is 42.8 Å². The zero-order chi connectivity index (χ0) is 19.7. The minimum absolute atomic E-state index is 0.156. The largest absolute Gasteiger partial charge is 0.414 e. The highest BCUT2D eigenvalue weighted by Crippen LogP contribution is 2.43. The molecule has 0 aromatic heterocycles. The third kappa shape index (κ3) is 3.47. The molecule has 142 valence electrons. The van der Waals surface area contributed by atoms with Crippen LogP contribution in [-0.4, -0.2) is 6.09 Å². The topological polar surface area (TPSA) is 47.6 Å². The fourth-order valence-corrected chi connectivity index (χ4v) is 3.55. The van der Waals surface area contributed by atoms with E-state index in [0.717, 1.165) is 11.1 Å². The van der Waals surface area contributed by atoms with E-state index in [1.165, 1.54) is 0 Å². The summed E-state index contributed by atoms with van der Waals surface area (Å²) in [4.78, 5) is 12.4. The minimum Gasteiger partial charge on any atom is -0.407 e. The average molecular weight is 414 g/mol. The van der Waals surface area contributed by atoms with Crippen LogP contribution in [0.15, 0.2) is 66.7 Å². The second-order valence-electron chi connectivity index (χ2n) is 6.57. The minimum atomic E-state index is -1.42. The number of hydrogen-bond acceptors (Lipinski definition) is 3. The number of rotatable bonds is 4. The first-order chi connectivity index (χ1) is 13.5. The van der Waals surface area contributed by atoms with Crippen molar-refractivity contribution in [2.45, 2.75) is 19.3 Å². The van der Waals surface area contributed by atoms with E-state index in [1.54, 1.807) is 30.3 Å². The van der Waals surface area contributed by atoms with Crippen molar-refractivity contribution >= 4 is 35.0 Å². The van der Waals surface area contributed by atoms with Crippen LogP contribution in [0.5, 0.6) is 0 Å². The molecular formula is C22H17Cl2NO3. The van der Waals surface area contributed by atoms with Crippen molar-refractivity contribution in [3.63, 3.8) is 0 Å². The van der Waals surface area contributed by atoms with Crippen molar-refractivity contribution in [3.05, 3.63) is 99.0 Å². The summed E-state index contributed by atoms with van der Waals surface area (Å²) in [6, 6.07) is 20.2. The molecule has 3 aromatic carbocycles. The second-order valence-corrected chi connectivity index (χ2v) is 7.41. The molecule has 0 aliphatic carbocycles. The number of carbonyl (C=O) groups excluding carboxylic acids is 1. The standard InChI is InChI=1S/C22H17Cl2NO3/c1-14-6-11-20-18(12-14)22(28-21(26)25-20,16-7-9-17(23)10-8-16)27-13-15-4-2-3-5-19(15)24/h2-12H,13H2,1H3,(H,25,26). The SMILES string of the molecule is Cc1ccc2c(c1)C(OCc1ccccc1Cl)(c1ccc(Cl)cc1)OC(=O)N2. The van der Waals surface area contributed by atoms with Gasteiger partial charge < -0.3 is 9.47 Å². The predicted molar refractivity (Wildman–Crippen MR) is 110 cm³/mol. The number of fused-ring (bicyclic) bond motifs is 1. The van der Waals surface area contributed by atoms with Crippen molar-refractivity contribution < 1.29 is 14.3 Å². The Morgan fingerprint density at radius 2 is 1.79 bits per heavy atom. The van der Waals surface area contributed by atoms with E-state index in [2.05, 4.69) is 5.32 Å². The summed E-state index contributed by atoms with van der Waals surface area (Å²) >= 11 is 12.4. The molecule has 1 amide bonds. The van der Waals surface area contributed by atoms with Gasteiger partial charge in [0.15, 0.2) is 0 Å². The molecule has 28 heavy (non-hydrogen) atoms. The Labute approximate surface area is 173 Å². The molecule has 6 heteroatoms. The summed E-state index contributed by atoms with van der Waals surface area (Å²) in [6.45, 7) is 2.13. The quantitative estimate of drug-likeness (QED) is 0.547. The van der Waals surface area contributed by atoms with Gasteiger partial charge in [0.05, 0.1) is 17.9 Å². The van der Waals surface area contributed by atoms with Gasteiger partial charge in [0.25, 0.3) is 5.79 Å². The highest BCUT2D eigenvalue weighted by molar-refractivity contribution is 6.31. The number of halogens is 2. The smallest absolute Gasteiger partial charge is 0.407 e. The Kier molecular flexibility index (Phi) is 5.02. The van der Waals surface area contributed by atoms with Crippen molar-refractivity contribution in [1.82, 2.24) is 0 Å². The fraction of sp³-hybridized carbons (Fsp3) is 0.136. The number of anilines is 1. The summed E-state index contributed by atoms with van der Waals surface area (Å²) < 4.78 is 12.1. The normalized spacial score (nSPS) is 18.2. The van der Waals surface area contributed by atoms with Gasteiger partial charge >= 0.3 is 6.09 Å². The number of ether oxygens (including phenoxy) is 2. The van der Waals surface area contributed by atoms with Crippen LogP contribution in [0.3, 0.4) is 0 Å². The van der Waals surface area contributed by atoms with Crippen LogP contribution in [0.2, 0.25) is 10.0 Å². The lowest BCUT2D eigenvalue weighted by molar-refractivity contribution is -0.188. The first-order valence-electron chi connectivity index (χ1n) is 8.72. The Morgan fingerprint density at radius 3 is 2.54 bits per heavy atom.